The fraction of sp³-hybridized carbons (Fsp3) is 0.286. The van der Waals surface area contributed by atoms with Crippen LogP contribution in [0.3, 0.4) is 0 Å². The van der Waals surface area contributed by atoms with Gasteiger partial charge in [0.1, 0.15) is 6.10 Å². The van der Waals surface area contributed by atoms with Crippen LogP contribution in [0.2, 0.25) is 0 Å². The van der Waals surface area contributed by atoms with Crippen molar-refractivity contribution in [2.75, 3.05) is 6.61 Å². The van der Waals surface area contributed by atoms with Gasteiger partial charge in [-0.1, -0.05) is 25.3 Å². The maximum Gasteiger partial charge on any atom is 0.275 e. The molecule has 1 aliphatic heterocycles. The van der Waals surface area contributed by atoms with Gasteiger partial charge in [0.2, 0.25) is 0 Å². The lowest BCUT2D eigenvalue weighted by atomic mass is 9.95. The molecule has 1 heterocycles. The van der Waals surface area contributed by atoms with E-state index in [4.69, 9.17) is 4.74 Å². The third-order valence-electron chi connectivity index (χ3n) is 3.09. The minimum Gasteiger partial charge on any atom is -0.369 e. The van der Waals surface area contributed by atoms with Crippen LogP contribution in [0.5, 0.6) is 0 Å². The zero-order valence-corrected chi connectivity index (χ0v) is 10.1. The summed E-state index contributed by atoms with van der Waals surface area (Å²) in [7, 11) is 0. The number of ether oxygens (including phenoxy) is 1. The van der Waals surface area contributed by atoms with Crippen LogP contribution in [0.15, 0.2) is 48.6 Å². The average molecular weight is 245 g/mol. The summed E-state index contributed by atoms with van der Waals surface area (Å²) in [6, 6.07) is 6.62. The summed E-state index contributed by atoms with van der Waals surface area (Å²) in [6.07, 6.45) is 1.24. The molecule has 1 aromatic rings. The average Bonchev–Trinajstić information content (AvgIpc) is 2.53. The topological polar surface area (TPSA) is 52.4 Å². The summed E-state index contributed by atoms with van der Waals surface area (Å²) in [5.41, 5.74) is 2.27. The van der Waals surface area contributed by atoms with Crippen molar-refractivity contribution in [3.8, 4) is 0 Å². The van der Waals surface area contributed by atoms with E-state index in [-0.39, 0.29) is 10.6 Å². The lowest BCUT2D eigenvalue weighted by Crippen LogP contribution is -2.08. The van der Waals surface area contributed by atoms with Crippen molar-refractivity contribution >= 4 is 5.69 Å². The van der Waals surface area contributed by atoms with Crippen LogP contribution in [-0.4, -0.2) is 11.5 Å². The van der Waals surface area contributed by atoms with Crippen molar-refractivity contribution in [1.29, 1.82) is 0 Å². The van der Waals surface area contributed by atoms with E-state index in [0.29, 0.717) is 12.2 Å². The Hall–Kier alpha value is -1.94. The van der Waals surface area contributed by atoms with Crippen molar-refractivity contribution in [2.45, 2.75) is 18.9 Å². The first-order chi connectivity index (χ1) is 8.61. The second-order valence-electron chi connectivity index (χ2n) is 4.30. The van der Waals surface area contributed by atoms with Gasteiger partial charge in [-0.15, -0.1) is 0 Å². The van der Waals surface area contributed by atoms with Gasteiger partial charge in [0.05, 0.1) is 10.5 Å². The van der Waals surface area contributed by atoms with Gasteiger partial charge in [-0.05, 0) is 30.1 Å². The van der Waals surface area contributed by atoms with E-state index >= 15 is 0 Å². The number of nitro groups is 1. The molecule has 1 atom stereocenters. The van der Waals surface area contributed by atoms with Crippen LogP contribution in [0.1, 0.15) is 24.5 Å². The lowest BCUT2D eigenvalue weighted by Gasteiger charge is -2.18. The minimum atomic E-state index is -0.457. The number of nitrogens with zero attached hydrogens (tertiary/aromatic N) is 1. The Labute approximate surface area is 106 Å². The minimum absolute atomic E-state index is 0.0679. The summed E-state index contributed by atoms with van der Waals surface area (Å²) in [5.74, 6) is 0. The van der Waals surface area contributed by atoms with E-state index in [1.807, 2.05) is 0 Å². The van der Waals surface area contributed by atoms with Crippen LogP contribution < -0.4 is 0 Å². The van der Waals surface area contributed by atoms with Gasteiger partial charge < -0.3 is 4.74 Å². The van der Waals surface area contributed by atoms with E-state index in [0.717, 1.165) is 24.0 Å². The molecule has 1 aromatic carbocycles. The van der Waals surface area contributed by atoms with Gasteiger partial charge in [-0.25, -0.2) is 0 Å². The molecular weight excluding hydrogens is 230 g/mol. The largest absolute Gasteiger partial charge is 0.369 e. The molecule has 1 aliphatic rings. The number of rotatable bonds is 2. The molecule has 0 saturated carbocycles. The predicted molar refractivity (Wildman–Crippen MR) is 69.3 cm³/mol. The summed E-state index contributed by atoms with van der Waals surface area (Å²) in [6.45, 7) is 8.49. The smallest absolute Gasteiger partial charge is 0.275 e. The van der Waals surface area contributed by atoms with Crippen molar-refractivity contribution in [2.24, 2.45) is 0 Å². The summed E-state index contributed by atoms with van der Waals surface area (Å²) in [4.78, 5) is 10.6. The maximum atomic E-state index is 11.0. The SMILES string of the molecule is C=C1CCCOC(c2ccccc2[N+](=O)[O-])C1=C. The lowest BCUT2D eigenvalue weighted by molar-refractivity contribution is -0.386. The molecule has 0 bridgehead atoms. The second-order valence-corrected chi connectivity index (χ2v) is 4.30. The third kappa shape index (κ3) is 2.33. The zero-order valence-electron chi connectivity index (χ0n) is 10.1. The molecule has 1 unspecified atom stereocenters. The monoisotopic (exact) mass is 245 g/mol. The molecule has 0 amide bonds. The third-order valence-corrected chi connectivity index (χ3v) is 3.09. The summed E-state index contributed by atoms with van der Waals surface area (Å²) >= 11 is 0. The molecule has 1 fully saturated rings. The van der Waals surface area contributed by atoms with Crippen molar-refractivity contribution in [3.05, 3.63) is 64.2 Å². The van der Waals surface area contributed by atoms with Gasteiger partial charge in [-0.2, -0.15) is 0 Å². The number of hydrogen-bond donors (Lipinski definition) is 0. The van der Waals surface area contributed by atoms with E-state index in [1.54, 1.807) is 18.2 Å². The van der Waals surface area contributed by atoms with E-state index in [1.165, 1.54) is 6.07 Å². The first-order valence-electron chi connectivity index (χ1n) is 5.83. The van der Waals surface area contributed by atoms with Crippen LogP contribution >= 0.6 is 0 Å². The Morgan fingerprint density at radius 3 is 2.78 bits per heavy atom. The van der Waals surface area contributed by atoms with Crippen molar-refractivity contribution in [1.82, 2.24) is 0 Å². The van der Waals surface area contributed by atoms with E-state index in [9.17, 15) is 10.1 Å². The molecule has 0 N–H and O–H groups in total. The Morgan fingerprint density at radius 1 is 1.33 bits per heavy atom. The normalized spacial score (nSPS) is 20.6. The molecule has 94 valence electrons. The van der Waals surface area contributed by atoms with Crippen LogP contribution in [0, 0.1) is 10.1 Å². The highest BCUT2D eigenvalue weighted by Gasteiger charge is 2.27. The quantitative estimate of drug-likeness (QED) is 0.591. The Bertz CT molecular complexity index is 508. The van der Waals surface area contributed by atoms with Gasteiger partial charge >= 0.3 is 0 Å². The highest BCUT2D eigenvalue weighted by atomic mass is 16.6. The molecule has 0 spiro atoms. The second kappa shape index (κ2) is 5.14. The highest BCUT2D eigenvalue weighted by molar-refractivity contribution is 5.47. The highest BCUT2D eigenvalue weighted by Crippen LogP contribution is 2.37. The van der Waals surface area contributed by atoms with Gasteiger partial charge in [0, 0.05) is 12.7 Å². The fourth-order valence-corrected chi connectivity index (χ4v) is 2.09. The van der Waals surface area contributed by atoms with Gasteiger partial charge in [-0.3, -0.25) is 10.1 Å². The maximum absolute atomic E-state index is 11.0. The van der Waals surface area contributed by atoms with Gasteiger partial charge in [0.15, 0.2) is 0 Å². The van der Waals surface area contributed by atoms with E-state index < -0.39 is 6.10 Å². The molecule has 0 radical (unpaired) electrons. The molecule has 1 saturated heterocycles. The summed E-state index contributed by atoms with van der Waals surface area (Å²) < 4.78 is 5.70. The number of para-hydroxylation sites is 1. The first kappa shape index (κ1) is 12.5. The van der Waals surface area contributed by atoms with Crippen LogP contribution in [0.25, 0.3) is 0 Å². The fourth-order valence-electron chi connectivity index (χ4n) is 2.09. The standard InChI is InChI=1S/C14H15NO3/c1-10-6-5-9-18-14(11(10)2)12-7-3-4-8-13(12)15(16)17/h3-4,7-8,14H,1-2,5-6,9H2. The molecule has 18 heavy (non-hydrogen) atoms. The molecule has 0 aliphatic carbocycles. The van der Waals surface area contributed by atoms with Crippen LogP contribution in [0.4, 0.5) is 5.69 Å². The molecule has 4 heteroatoms. The van der Waals surface area contributed by atoms with Gasteiger partial charge in [0.25, 0.3) is 5.69 Å². The first-order valence-corrected chi connectivity index (χ1v) is 5.83. The predicted octanol–water partition coefficient (Wildman–Crippen LogP) is 3.56. The Kier molecular flexibility index (Phi) is 3.58. The molecule has 0 aromatic heterocycles. The molecule has 2 rings (SSSR count). The Morgan fingerprint density at radius 2 is 2.06 bits per heavy atom. The summed E-state index contributed by atoms with van der Waals surface area (Å²) in [5, 5.41) is 11.0. The Balaban J connectivity index is 2.43. The zero-order chi connectivity index (χ0) is 13.1. The number of benzene rings is 1. The van der Waals surface area contributed by atoms with E-state index in [2.05, 4.69) is 13.2 Å². The van der Waals surface area contributed by atoms with Crippen LogP contribution in [-0.2, 0) is 4.74 Å². The molecule has 4 nitrogen and oxygen atoms in total. The number of hydrogen-bond acceptors (Lipinski definition) is 3. The molecular formula is C14H15NO3. The number of nitro benzene ring substituents is 1. The van der Waals surface area contributed by atoms with Crippen molar-refractivity contribution < 1.29 is 9.66 Å². The van der Waals surface area contributed by atoms with Crippen molar-refractivity contribution in [3.63, 3.8) is 0 Å².